The zero-order valence-corrected chi connectivity index (χ0v) is 26.6. The molecule has 12 heteroatoms. The van der Waals surface area contributed by atoms with E-state index in [1.807, 2.05) is 6.92 Å². The molecule has 3 aliphatic heterocycles. The molecule has 0 amide bonds. The molecule has 0 aromatic rings. The van der Waals surface area contributed by atoms with Crippen molar-refractivity contribution in [1.29, 1.82) is 0 Å². The van der Waals surface area contributed by atoms with Gasteiger partial charge in [0.2, 0.25) is 0 Å². The minimum atomic E-state index is -1.19. The van der Waals surface area contributed by atoms with Crippen LogP contribution in [0.4, 0.5) is 0 Å². The Labute approximate surface area is 265 Å². The van der Waals surface area contributed by atoms with Crippen LogP contribution in [-0.2, 0) is 23.8 Å². The van der Waals surface area contributed by atoms with E-state index < -0.39 is 72.6 Å². The van der Waals surface area contributed by atoms with Gasteiger partial charge in [0.25, 0.3) is 0 Å². The van der Waals surface area contributed by atoms with E-state index in [2.05, 4.69) is 5.32 Å². The number of ether oxygens (including phenoxy) is 3. The third-order valence-corrected chi connectivity index (χ3v) is 11.7. The zero-order chi connectivity index (χ0) is 32.5. The largest absolute Gasteiger partial charge is 0.456 e. The summed E-state index contributed by atoms with van der Waals surface area (Å²) < 4.78 is 19.6. The first-order valence-electron chi connectivity index (χ1n) is 16.9. The number of nitrogens with one attached hydrogen (secondary N) is 1. The number of piperidine rings is 1. The molecule has 0 aromatic carbocycles. The van der Waals surface area contributed by atoms with Gasteiger partial charge in [-0.1, -0.05) is 12.5 Å². The summed E-state index contributed by atoms with van der Waals surface area (Å²) in [6.07, 6.45) is 2.09. The van der Waals surface area contributed by atoms with E-state index in [0.29, 0.717) is 25.8 Å². The molecule has 11 unspecified atom stereocenters. The molecular weight excluding hydrogens is 584 g/mol. The summed E-state index contributed by atoms with van der Waals surface area (Å²) >= 11 is 0. The molecule has 2 aliphatic carbocycles. The van der Waals surface area contributed by atoms with Crippen molar-refractivity contribution in [2.45, 2.75) is 120 Å². The lowest BCUT2D eigenvalue weighted by molar-refractivity contribution is -0.303. The number of allylic oxidation sites excluding steroid dienone is 1. The van der Waals surface area contributed by atoms with E-state index in [9.17, 15) is 35.1 Å². The minimum absolute atomic E-state index is 0.00403. The first kappa shape index (κ1) is 34.8. The highest BCUT2D eigenvalue weighted by Gasteiger charge is 2.64. The van der Waals surface area contributed by atoms with Crippen molar-refractivity contribution >= 4 is 11.8 Å². The standard InChI is InChI=1S/C33H54N2O10/c1-3-18(14-36)32(42)44-25-12-23-29(41)28-24(40)11-22(16-38)43-31(28)27(19-5-4-6-21(39)10-19)30(23)45-33(25,2)20(15-37)9-17-7-8-26(34)35-13-17/h3,17,19-23,25-31,35-39,41H,4-16,34H2,1-2H3/t17?,19?,20-,21?,22?,23?,25-,26?,27?,28?,29?,30?,31?,33-/m0/s1. The zero-order valence-electron chi connectivity index (χ0n) is 26.6. The molecule has 5 rings (SSSR count). The third kappa shape index (κ3) is 7.05. The van der Waals surface area contributed by atoms with Crippen molar-refractivity contribution in [3.8, 4) is 0 Å². The van der Waals surface area contributed by atoms with Gasteiger partial charge in [0.05, 0.1) is 61.4 Å². The summed E-state index contributed by atoms with van der Waals surface area (Å²) in [5.74, 6) is -2.97. The molecular formula is C33H54N2O10. The maximum absolute atomic E-state index is 13.5. The molecule has 2 saturated carbocycles. The summed E-state index contributed by atoms with van der Waals surface area (Å²) in [5, 5.41) is 56.5. The van der Waals surface area contributed by atoms with E-state index in [0.717, 1.165) is 25.7 Å². The Morgan fingerprint density at radius 3 is 2.56 bits per heavy atom. The van der Waals surface area contributed by atoms with Crippen molar-refractivity contribution in [2.75, 3.05) is 26.4 Å². The number of aliphatic hydroxyl groups excluding tert-OH is 5. The van der Waals surface area contributed by atoms with Crippen LogP contribution in [0.25, 0.3) is 0 Å². The number of aliphatic hydroxyl groups is 5. The van der Waals surface area contributed by atoms with Crippen molar-refractivity contribution in [3.05, 3.63) is 11.6 Å². The Balaban J connectivity index is 1.53. The second kappa shape index (κ2) is 14.7. The summed E-state index contributed by atoms with van der Waals surface area (Å²) in [4.78, 5) is 26.8. The number of nitrogens with two attached hydrogens (primary N) is 1. The van der Waals surface area contributed by atoms with Crippen LogP contribution in [0.3, 0.4) is 0 Å². The number of fused-ring (bicyclic) bond motifs is 2. The van der Waals surface area contributed by atoms with Crippen LogP contribution < -0.4 is 11.1 Å². The molecule has 0 aromatic heterocycles. The first-order chi connectivity index (χ1) is 21.5. The van der Waals surface area contributed by atoms with Crippen LogP contribution in [0.2, 0.25) is 0 Å². The van der Waals surface area contributed by atoms with Crippen LogP contribution in [-0.4, -0.2) is 112 Å². The first-order valence-corrected chi connectivity index (χ1v) is 16.9. The Morgan fingerprint density at radius 2 is 1.93 bits per heavy atom. The Hall–Kier alpha value is -1.48. The summed E-state index contributed by atoms with van der Waals surface area (Å²) in [7, 11) is 0. The second-order valence-electron chi connectivity index (χ2n) is 14.4. The van der Waals surface area contributed by atoms with E-state index in [1.165, 1.54) is 6.08 Å². The summed E-state index contributed by atoms with van der Waals surface area (Å²) in [6, 6.07) is 0. The van der Waals surface area contributed by atoms with Crippen molar-refractivity contribution in [3.63, 3.8) is 0 Å². The van der Waals surface area contributed by atoms with Gasteiger partial charge < -0.3 is 50.8 Å². The Bertz CT molecular complexity index is 1070. The molecule has 8 N–H and O–H groups in total. The average molecular weight is 639 g/mol. The minimum Gasteiger partial charge on any atom is -0.456 e. The number of ketones is 1. The molecule has 0 spiro atoms. The fourth-order valence-electron chi connectivity index (χ4n) is 9.06. The molecule has 0 radical (unpaired) electrons. The van der Waals surface area contributed by atoms with Crippen LogP contribution in [0.1, 0.15) is 71.6 Å². The van der Waals surface area contributed by atoms with Crippen molar-refractivity contribution in [1.82, 2.24) is 5.32 Å². The monoisotopic (exact) mass is 638 g/mol. The number of hydrogen-bond acceptors (Lipinski definition) is 12. The maximum Gasteiger partial charge on any atom is 0.336 e. The molecule has 5 aliphatic rings. The van der Waals surface area contributed by atoms with Gasteiger partial charge in [-0.25, -0.2) is 4.79 Å². The third-order valence-electron chi connectivity index (χ3n) is 11.7. The number of rotatable bonds is 9. The van der Waals surface area contributed by atoms with Crippen LogP contribution >= 0.6 is 0 Å². The van der Waals surface area contributed by atoms with Gasteiger partial charge in [-0.2, -0.15) is 0 Å². The molecule has 12 nitrogen and oxygen atoms in total. The van der Waals surface area contributed by atoms with Crippen molar-refractivity contribution in [2.24, 2.45) is 41.2 Å². The van der Waals surface area contributed by atoms with Crippen molar-refractivity contribution < 1.29 is 49.3 Å². The summed E-state index contributed by atoms with van der Waals surface area (Å²) in [6.45, 7) is 3.12. The fraction of sp³-hybridized carbons (Fsp3) is 0.879. The van der Waals surface area contributed by atoms with Gasteiger partial charge in [-0.05, 0) is 77.2 Å². The molecule has 256 valence electrons. The van der Waals surface area contributed by atoms with Gasteiger partial charge in [0, 0.05) is 30.8 Å². The number of hydrogen-bond donors (Lipinski definition) is 7. The molecule has 3 heterocycles. The smallest absolute Gasteiger partial charge is 0.336 e. The lowest BCUT2D eigenvalue weighted by atomic mass is 9.57. The molecule has 0 bridgehead atoms. The Kier molecular flexibility index (Phi) is 11.4. The number of carbonyl (C=O) groups excluding carboxylic acids is 2. The Morgan fingerprint density at radius 1 is 1.16 bits per heavy atom. The predicted molar refractivity (Wildman–Crippen MR) is 162 cm³/mol. The normalized spacial score (nSPS) is 44.9. The fourth-order valence-corrected chi connectivity index (χ4v) is 9.06. The number of esters is 1. The molecule has 3 saturated heterocycles. The van der Waals surface area contributed by atoms with Gasteiger partial charge in [-0.3, -0.25) is 4.79 Å². The lowest BCUT2D eigenvalue weighted by Gasteiger charge is -2.60. The van der Waals surface area contributed by atoms with Crippen LogP contribution in [0, 0.1) is 35.5 Å². The number of carbonyl (C=O) groups is 2. The summed E-state index contributed by atoms with van der Waals surface area (Å²) in [5.41, 5.74) is 4.97. The molecule has 14 atom stereocenters. The van der Waals surface area contributed by atoms with E-state index in [-0.39, 0.29) is 61.3 Å². The lowest BCUT2D eigenvalue weighted by Crippen LogP contribution is -2.70. The molecule has 5 fully saturated rings. The average Bonchev–Trinajstić information content (AvgIpc) is 3.02. The van der Waals surface area contributed by atoms with Gasteiger partial charge in [0.1, 0.15) is 17.5 Å². The molecule has 45 heavy (non-hydrogen) atoms. The topological polar surface area (TPSA) is 201 Å². The van der Waals surface area contributed by atoms with E-state index in [4.69, 9.17) is 19.9 Å². The maximum atomic E-state index is 13.5. The van der Waals surface area contributed by atoms with Gasteiger partial charge >= 0.3 is 5.97 Å². The predicted octanol–water partition coefficient (Wildman–Crippen LogP) is 0.161. The quantitative estimate of drug-likeness (QED) is 0.133. The van der Waals surface area contributed by atoms with Crippen LogP contribution in [0.15, 0.2) is 11.6 Å². The second-order valence-corrected chi connectivity index (χ2v) is 14.4. The highest BCUT2D eigenvalue weighted by molar-refractivity contribution is 5.88. The highest BCUT2D eigenvalue weighted by Crippen LogP contribution is 2.54. The van der Waals surface area contributed by atoms with Gasteiger partial charge in [0.15, 0.2) is 0 Å². The van der Waals surface area contributed by atoms with Crippen LogP contribution in [0.5, 0.6) is 0 Å². The van der Waals surface area contributed by atoms with E-state index >= 15 is 0 Å². The SMILES string of the molecule is CC=C(CO)C(=O)O[C@H]1CC2C(O)C3C(=O)CC(CO)OC3C(C3CCCC(O)C3)C2O[C@@]1(C)[C@H](CO)CC1CCC(N)NC1. The highest BCUT2D eigenvalue weighted by atomic mass is 16.6. The van der Waals surface area contributed by atoms with Gasteiger partial charge in [-0.15, -0.1) is 0 Å². The van der Waals surface area contributed by atoms with E-state index in [1.54, 1.807) is 6.92 Å². The number of Topliss-reactive ketones (excluding diaryl/α,β-unsaturated/α-hetero) is 1.